The predicted octanol–water partition coefficient (Wildman–Crippen LogP) is 1.90. The maximum atomic E-state index is 10.5. The summed E-state index contributed by atoms with van der Waals surface area (Å²) in [4.78, 5) is 41.4. The van der Waals surface area contributed by atoms with Gasteiger partial charge in [0.1, 0.15) is 17.2 Å². The molecule has 0 amide bonds. The van der Waals surface area contributed by atoms with E-state index in [1.165, 1.54) is 24.4 Å². The molecule has 0 bridgehead atoms. The number of aldehydes is 1. The highest BCUT2D eigenvalue weighted by Gasteiger charge is 2.05. The van der Waals surface area contributed by atoms with Crippen molar-refractivity contribution in [3.8, 4) is 17.2 Å². The summed E-state index contributed by atoms with van der Waals surface area (Å²) >= 11 is 8.80. The van der Waals surface area contributed by atoms with Crippen LogP contribution in [0, 0.1) is 0 Å². The topological polar surface area (TPSA) is 304 Å². The molecule has 0 heterocycles. The largest absolute Gasteiger partial charge is 0.508 e. The second kappa shape index (κ2) is 24.3. The van der Waals surface area contributed by atoms with Crippen LogP contribution in [0.1, 0.15) is 51.9 Å². The number of carboxylic acid groups (broad SMARTS) is 3. The lowest BCUT2D eigenvalue weighted by Crippen LogP contribution is -2.34. The van der Waals surface area contributed by atoms with Crippen LogP contribution in [0.3, 0.4) is 0 Å². The number of benzene rings is 3. The van der Waals surface area contributed by atoms with E-state index >= 15 is 0 Å². The molecule has 0 spiro atoms. The van der Waals surface area contributed by atoms with Gasteiger partial charge in [0.05, 0.1) is 11.8 Å². The van der Waals surface area contributed by atoms with Crippen molar-refractivity contribution >= 4 is 65.1 Å². The summed E-state index contributed by atoms with van der Waals surface area (Å²) < 4.78 is 0. The highest BCUT2D eigenvalue weighted by Crippen LogP contribution is 2.18. The number of hydrogen-bond acceptors (Lipinski definition) is 11. The van der Waals surface area contributed by atoms with Gasteiger partial charge in [-0.2, -0.15) is 5.10 Å². The van der Waals surface area contributed by atoms with Crippen LogP contribution in [0.2, 0.25) is 0 Å². The van der Waals surface area contributed by atoms with Gasteiger partial charge in [-0.25, -0.2) is 5.84 Å². The number of aromatic hydroxyl groups is 3. The minimum absolute atomic E-state index is 0.0169. The van der Waals surface area contributed by atoms with E-state index in [2.05, 4.69) is 40.8 Å². The number of phenolic OH excluding ortho intramolecular Hbond substituents is 3. The van der Waals surface area contributed by atoms with E-state index in [9.17, 15) is 24.3 Å². The smallest absolute Gasteiger partial charge is 0.303 e. The van der Waals surface area contributed by atoms with Crippen molar-refractivity contribution in [1.82, 2.24) is 10.9 Å². The van der Waals surface area contributed by atoms with Gasteiger partial charge in [0.15, 0.2) is 16.5 Å². The second-order valence-corrected chi connectivity index (χ2v) is 10.4. The van der Waals surface area contributed by atoms with Crippen LogP contribution in [-0.2, 0) is 33.6 Å². The maximum Gasteiger partial charge on any atom is 0.303 e. The lowest BCUT2D eigenvalue weighted by molar-refractivity contribution is -0.138. The number of nitrogens with two attached hydrogens (primary N) is 3. The Morgan fingerprint density at radius 1 is 0.673 bits per heavy atom. The van der Waals surface area contributed by atoms with Crippen LogP contribution in [0.4, 0.5) is 0 Å². The fraction of sp³-hybridized carbons (Fsp3) is 0.194. The fourth-order valence-corrected chi connectivity index (χ4v) is 3.35. The number of hydrogen-bond donors (Lipinski definition) is 11. The van der Waals surface area contributed by atoms with Crippen molar-refractivity contribution in [3.63, 3.8) is 0 Å². The average Bonchev–Trinajstić information content (AvgIpc) is 3.05. The fourth-order valence-electron chi connectivity index (χ4n) is 3.30. The molecule has 0 aliphatic rings. The number of nitrogens with one attached hydrogen (secondary N) is 2. The number of nitrogens with zero attached hydrogens (tertiary/aromatic N) is 1. The molecule has 3 aromatic rings. The Bertz CT molecular complexity index is 1590. The summed E-state index contributed by atoms with van der Waals surface area (Å²) in [6.07, 6.45) is 3.34. The van der Waals surface area contributed by atoms with Crippen molar-refractivity contribution in [2.75, 3.05) is 0 Å². The first kappa shape index (κ1) is 43.1. The first-order valence-corrected chi connectivity index (χ1v) is 14.8. The molecule has 3 rings (SSSR count). The molecule has 3 aromatic carbocycles. The van der Waals surface area contributed by atoms with Gasteiger partial charge in [0, 0.05) is 24.8 Å². The summed E-state index contributed by atoms with van der Waals surface area (Å²) in [6.45, 7) is 0. The molecule has 0 aliphatic heterocycles. The number of carbonyl (C=O) groups excluding carboxylic acids is 1. The Labute approximate surface area is 291 Å². The average molecular weight is 719 g/mol. The summed E-state index contributed by atoms with van der Waals surface area (Å²) in [5.41, 5.74) is 17.5. The Hall–Kier alpha value is -5.85. The number of hydrazine groups is 1. The standard InChI is InChI=1S/C11H13N3O3S.C10H10O4.C9H10O3.CH5N3S/c12-11(18)14-13-6-8-5-7(1-3-9(8)15)2-4-10(16)17;11-6-8-5-7(1-3-9(8)12)2-4-10(13)14;10-8-4-1-7(2-5-8)3-6-9(11)12;2-1(5)4-3/h1,3,5-6,15H,2,4H2,(H,16,17)(H3,12,14,18);1,3,5-6,12H,2,4H2,(H,13,14);1-2,4-5,10H,3,6H2,(H,11,12);3H2,(H3,2,4,5)/b13-6+;;;. The van der Waals surface area contributed by atoms with Crippen LogP contribution in [0.5, 0.6) is 17.2 Å². The van der Waals surface area contributed by atoms with Crippen LogP contribution in [0.15, 0.2) is 65.8 Å². The van der Waals surface area contributed by atoms with E-state index in [1.54, 1.807) is 42.5 Å². The maximum absolute atomic E-state index is 10.5. The van der Waals surface area contributed by atoms with Gasteiger partial charge in [0.25, 0.3) is 0 Å². The highest BCUT2D eigenvalue weighted by atomic mass is 32.1. The minimum Gasteiger partial charge on any atom is -0.508 e. The van der Waals surface area contributed by atoms with Gasteiger partial charge in [-0.1, -0.05) is 24.3 Å². The van der Waals surface area contributed by atoms with E-state index in [4.69, 9.17) is 37.0 Å². The Morgan fingerprint density at radius 2 is 1.06 bits per heavy atom. The first-order chi connectivity index (χ1) is 23.1. The summed E-state index contributed by atoms with van der Waals surface area (Å²) in [6, 6.07) is 15.8. The van der Waals surface area contributed by atoms with E-state index < -0.39 is 17.9 Å². The number of phenols is 3. The van der Waals surface area contributed by atoms with Gasteiger partial charge in [-0.3, -0.25) is 24.6 Å². The van der Waals surface area contributed by atoms with Crippen molar-refractivity contribution < 1.29 is 49.8 Å². The summed E-state index contributed by atoms with van der Waals surface area (Å²) in [5.74, 6) is 2.26. The number of carboxylic acids is 3. The molecule has 0 unspecified atom stereocenters. The van der Waals surface area contributed by atoms with Crippen LogP contribution >= 0.6 is 24.4 Å². The number of carbonyl (C=O) groups is 4. The number of hydrazone groups is 1. The highest BCUT2D eigenvalue weighted by molar-refractivity contribution is 7.80. The molecule has 0 saturated heterocycles. The molecule has 0 radical (unpaired) electrons. The lowest BCUT2D eigenvalue weighted by atomic mass is 10.1. The minimum atomic E-state index is -0.884. The second-order valence-electron chi connectivity index (χ2n) is 9.49. The lowest BCUT2D eigenvalue weighted by Gasteiger charge is -2.03. The van der Waals surface area contributed by atoms with E-state index in [0.717, 1.165) is 16.7 Å². The molecule has 0 fully saturated rings. The molecule has 0 saturated carbocycles. The quantitative estimate of drug-likeness (QED) is 0.0419. The van der Waals surface area contributed by atoms with Gasteiger partial charge in [-0.15, -0.1) is 0 Å². The molecule has 14 N–H and O–H groups in total. The Kier molecular flexibility index (Phi) is 21.4. The molecule has 0 aliphatic carbocycles. The molecular weight excluding hydrogens is 681 g/mol. The molecule has 16 nitrogen and oxygen atoms in total. The monoisotopic (exact) mass is 718 g/mol. The molecule has 0 aromatic heterocycles. The Morgan fingerprint density at radius 3 is 1.45 bits per heavy atom. The number of aliphatic carboxylic acids is 3. The molecule has 49 heavy (non-hydrogen) atoms. The zero-order chi connectivity index (χ0) is 37.4. The zero-order valence-electron chi connectivity index (χ0n) is 26.0. The van der Waals surface area contributed by atoms with Crippen LogP contribution < -0.4 is 28.2 Å². The van der Waals surface area contributed by atoms with E-state index in [0.29, 0.717) is 31.1 Å². The normalized spacial score (nSPS) is 9.65. The molecule has 264 valence electrons. The molecular formula is C31H38N6O10S2. The third kappa shape index (κ3) is 22.3. The third-order valence-corrected chi connectivity index (χ3v) is 5.86. The Balaban J connectivity index is 0.000000670. The van der Waals surface area contributed by atoms with Crippen LogP contribution in [0.25, 0.3) is 0 Å². The van der Waals surface area contributed by atoms with Crippen molar-refractivity contribution in [2.45, 2.75) is 38.5 Å². The van der Waals surface area contributed by atoms with Crippen molar-refractivity contribution in [3.05, 3.63) is 88.5 Å². The van der Waals surface area contributed by atoms with Crippen LogP contribution in [-0.4, -0.2) is 71.3 Å². The first-order valence-electron chi connectivity index (χ1n) is 13.9. The van der Waals surface area contributed by atoms with Gasteiger partial charge >= 0.3 is 17.9 Å². The summed E-state index contributed by atoms with van der Waals surface area (Å²) in [5, 5.41) is 56.9. The number of aryl methyl sites for hydroxylation is 3. The van der Waals surface area contributed by atoms with Gasteiger partial charge < -0.3 is 47.5 Å². The molecule has 0 atom stereocenters. The SMILES string of the molecule is NC(=S)N/N=C/c1cc(CCC(=O)O)ccc1O.NNC(N)=S.O=C(O)CCc1ccc(O)cc1.O=Cc1cc(CCC(=O)O)ccc1O. The van der Waals surface area contributed by atoms with E-state index in [1.807, 2.05) is 5.43 Å². The van der Waals surface area contributed by atoms with E-state index in [-0.39, 0.29) is 52.3 Å². The van der Waals surface area contributed by atoms with Gasteiger partial charge in [-0.05, 0) is 96.8 Å². The zero-order valence-corrected chi connectivity index (χ0v) is 27.6. The molecule has 18 heteroatoms. The number of rotatable bonds is 12. The number of thiocarbonyl (C=S) groups is 2. The van der Waals surface area contributed by atoms with Gasteiger partial charge in [0.2, 0.25) is 0 Å². The van der Waals surface area contributed by atoms with Crippen molar-refractivity contribution in [1.29, 1.82) is 0 Å². The summed E-state index contributed by atoms with van der Waals surface area (Å²) in [7, 11) is 0. The predicted molar refractivity (Wildman–Crippen MR) is 189 cm³/mol. The third-order valence-electron chi connectivity index (χ3n) is 5.65. The van der Waals surface area contributed by atoms with Crippen molar-refractivity contribution in [2.24, 2.45) is 22.4 Å².